The van der Waals surface area contributed by atoms with E-state index in [1.54, 1.807) is 19.3 Å². The third-order valence-electron chi connectivity index (χ3n) is 2.77. The van der Waals surface area contributed by atoms with Crippen molar-refractivity contribution in [1.82, 2.24) is 15.0 Å². The molecule has 2 rings (SSSR count). The van der Waals surface area contributed by atoms with Crippen molar-refractivity contribution in [1.29, 1.82) is 0 Å². The molecule has 2 aromatic heterocycles. The Morgan fingerprint density at radius 1 is 1.42 bits per heavy atom. The van der Waals surface area contributed by atoms with Crippen molar-refractivity contribution in [3.8, 4) is 11.3 Å². The van der Waals surface area contributed by atoms with E-state index in [2.05, 4.69) is 15.0 Å². The number of aromatic nitrogens is 3. The summed E-state index contributed by atoms with van der Waals surface area (Å²) in [5.74, 6) is -0.787. The van der Waals surface area contributed by atoms with Crippen LogP contribution >= 0.6 is 0 Å². The Balaban J connectivity index is 2.32. The quantitative estimate of drug-likeness (QED) is 0.907. The molecule has 5 heteroatoms. The Morgan fingerprint density at radius 2 is 2.21 bits per heavy atom. The molecule has 0 aromatic carbocycles. The molecule has 1 atom stereocenters. The Kier molecular flexibility index (Phi) is 3.85. The monoisotopic (exact) mass is 257 g/mol. The maximum absolute atomic E-state index is 10.9. The first-order valence-corrected chi connectivity index (χ1v) is 6.04. The number of aliphatic carboxylic acids is 1. The zero-order chi connectivity index (χ0) is 13.8. The van der Waals surface area contributed by atoms with E-state index < -0.39 is 11.9 Å². The van der Waals surface area contributed by atoms with E-state index >= 15 is 0 Å². The van der Waals surface area contributed by atoms with Gasteiger partial charge in [-0.05, 0) is 25.1 Å². The highest BCUT2D eigenvalue weighted by atomic mass is 16.4. The van der Waals surface area contributed by atoms with Gasteiger partial charge in [0, 0.05) is 30.1 Å². The molecule has 0 saturated heterocycles. The second-order valence-electron chi connectivity index (χ2n) is 4.50. The lowest BCUT2D eigenvalue weighted by Gasteiger charge is -2.08. The van der Waals surface area contributed by atoms with Crippen LogP contribution in [-0.4, -0.2) is 26.0 Å². The summed E-state index contributed by atoms with van der Waals surface area (Å²) in [7, 11) is 0. The third kappa shape index (κ3) is 3.34. The molecule has 2 heterocycles. The summed E-state index contributed by atoms with van der Waals surface area (Å²) in [6.07, 6.45) is 3.75. The standard InChI is InChI=1S/C14H15N3O2/c1-9(14(18)19)6-13-16-10(2)7-12(17-13)11-4-3-5-15-8-11/h3-5,7-9H,6H2,1-2H3,(H,18,19). The van der Waals surface area contributed by atoms with Crippen LogP contribution in [0, 0.1) is 12.8 Å². The van der Waals surface area contributed by atoms with Crippen molar-refractivity contribution >= 4 is 5.97 Å². The van der Waals surface area contributed by atoms with Gasteiger partial charge < -0.3 is 5.11 Å². The van der Waals surface area contributed by atoms with E-state index in [0.29, 0.717) is 12.2 Å². The molecule has 98 valence electrons. The Bertz CT molecular complexity index is 584. The van der Waals surface area contributed by atoms with Gasteiger partial charge in [0.2, 0.25) is 0 Å². The summed E-state index contributed by atoms with van der Waals surface area (Å²) in [6.45, 7) is 3.52. The average Bonchev–Trinajstić information content (AvgIpc) is 2.39. The van der Waals surface area contributed by atoms with Gasteiger partial charge >= 0.3 is 5.97 Å². The summed E-state index contributed by atoms with van der Waals surface area (Å²) in [5, 5.41) is 8.93. The minimum absolute atomic E-state index is 0.324. The number of aryl methyl sites for hydroxylation is 1. The SMILES string of the molecule is Cc1cc(-c2cccnc2)nc(CC(C)C(=O)O)n1. The van der Waals surface area contributed by atoms with E-state index in [0.717, 1.165) is 17.0 Å². The van der Waals surface area contributed by atoms with Crippen LogP contribution < -0.4 is 0 Å². The summed E-state index contributed by atoms with van der Waals surface area (Å²) in [5.41, 5.74) is 2.49. The molecule has 1 unspecified atom stereocenters. The van der Waals surface area contributed by atoms with Crippen molar-refractivity contribution in [3.05, 3.63) is 42.1 Å². The number of hydrogen-bond donors (Lipinski definition) is 1. The van der Waals surface area contributed by atoms with Gasteiger partial charge in [0.15, 0.2) is 0 Å². The number of pyridine rings is 1. The molecule has 0 fully saturated rings. The fourth-order valence-corrected chi connectivity index (χ4v) is 1.74. The maximum atomic E-state index is 10.9. The second-order valence-corrected chi connectivity index (χ2v) is 4.50. The van der Waals surface area contributed by atoms with Crippen molar-refractivity contribution < 1.29 is 9.90 Å². The van der Waals surface area contributed by atoms with Gasteiger partial charge in [0.05, 0.1) is 11.6 Å². The van der Waals surface area contributed by atoms with Crippen LogP contribution in [0.15, 0.2) is 30.6 Å². The van der Waals surface area contributed by atoms with Crippen LogP contribution in [0.1, 0.15) is 18.4 Å². The molecule has 0 saturated carbocycles. The number of hydrogen-bond acceptors (Lipinski definition) is 4. The van der Waals surface area contributed by atoms with Gasteiger partial charge in [-0.2, -0.15) is 0 Å². The minimum Gasteiger partial charge on any atom is -0.481 e. The second kappa shape index (κ2) is 5.56. The minimum atomic E-state index is -0.840. The van der Waals surface area contributed by atoms with Crippen molar-refractivity contribution in [2.75, 3.05) is 0 Å². The summed E-state index contributed by atoms with van der Waals surface area (Å²) >= 11 is 0. The highest BCUT2D eigenvalue weighted by Gasteiger charge is 2.14. The van der Waals surface area contributed by atoms with Crippen LogP contribution in [0.4, 0.5) is 0 Å². The van der Waals surface area contributed by atoms with Gasteiger partial charge in [-0.25, -0.2) is 9.97 Å². The topological polar surface area (TPSA) is 76.0 Å². The molecular formula is C14H15N3O2. The number of carbonyl (C=O) groups is 1. The fraction of sp³-hybridized carbons (Fsp3) is 0.286. The molecule has 5 nitrogen and oxygen atoms in total. The van der Waals surface area contributed by atoms with Crippen molar-refractivity contribution in [2.45, 2.75) is 20.3 Å². The van der Waals surface area contributed by atoms with Crippen molar-refractivity contribution in [2.24, 2.45) is 5.92 Å². The van der Waals surface area contributed by atoms with E-state index in [1.807, 2.05) is 25.1 Å². The van der Waals surface area contributed by atoms with Crippen LogP contribution in [0.3, 0.4) is 0 Å². The molecule has 2 aromatic rings. The van der Waals surface area contributed by atoms with Gasteiger partial charge in [-0.1, -0.05) is 6.92 Å². The van der Waals surface area contributed by atoms with Crippen LogP contribution in [-0.2, 0) is 11.2 Å². The molecule has 0 aliphatic carbocycles. The summed E-state index contributed by atoms with van der Waals surface area (Å²) in [4.78, 5) is 23.6. The molecule has 0 spiro atoms. The summed E-state index contributed by atoms with van der Waals surface area (Å²) in [6, 6.07) is 5.62. The van der Waals surface area contributed by atoms with Crippen molar-refractivity contribution in [3.63, 3.8) is 0 Å². The third-order valence-corrected chi connectivity index (χ3v) is 2.77. The highest BCUT2D eigenvalue weighted by molar-refractivity contribution is 5.69. The number of carboxylic acid groups (broad SMARTS) is 1. The van der Waals surface area contributed by atoms with Crippen LogP contribution in [0.5, 0.6) is 0 Å². The van der Waals surface area contributed by atoms with Crippen LogP contribution in [0.25, 0.3) is 11.3 Å². The lowest BCUT2D eigenvalue weighted by molar-refractivity contribution is -0.141. The lowest BCUT2D eigenvalue weighted by Crippen LogP contribution is -2.14. The molecule has 0 amide bonds. The Morgan fingerprint density at radius 3 is 2.84 bits per heavy atom. The highest BCUT2D eigenvalue weighted by Crippen LogP contribution is 2.17. The first-order valence-electron chi connectivity index (χ1n) is 6.04. The first-order chi connectivity index (χ1) is 9.06. The Labute approximate surface area is 111 Å². The fourth-order valence-electron chi connectivity index (χ4n) is 1.74. The normalized spacial score (nSPS) is 12.1. The van der Waals surface area contributed by atoms with E-state index in [9.17, 15) is 4.79 Å². The molecule has 19 heavy (non-hydrogen) atoms. The smallest absolute Gasteiger partial charge is 0.306 e. The Hall–Kier alpha value is -2.30. The van der Waals surface area contributed by atoms with E-state index in [1.165, 1.54) is 0 Å². The van der Waals surface area contributed by atoms with Gasteiger partial charge in [0.1, 0.15) is 5.82 Å². The predicted octanol–water partition coefficient (Wildman–Crippen LogP) is 2.11. The molecule has 0 aliphatic rings. The number of rotatable bonds is 4. The van der Waals surface area contributed by atoms with Crippen LogP contribution in [0.2, 0.25) is 0 Å². The molecule has 0 bridgehead atoms. The van der Waals surface area contributed by atoms with Gasteiger partial charge in [-0.15, -0.1) is 0 Å². The van der Waals surface area contributed by atoms with Gasteiger partial charge in [0.25, 0.3) is 0 Å². The summed E-state index contributed by atoms with van der Waals surface area (Å²) < 4.78 is 0. The first kappa shape index (κ1) is 13.1. The van der Waals surface area contributed by atoms with E-state index in [4.69, 9.17) is 5.11 Å². The zero-order valence-corrected chi connectivity index (χ0v) is 10.9. The molecular weight excluding hydrogens is 242 g/mol. The molecule has 0 radical (unpaired) electrons. The van der Waals surface area contributed by atoms with Gasteiger partial charge in [-0.3, -0.25) is 9.78 Å². The van der Waals surface area contributed by atoms with E-state index in [-0.39, 0.29) is 0 Å². The zero-order valence-electron chi connectivity index (χ0n) is 10.9. The number of nitrogens with zero attached hydrogens (tertiary/aromatic N) is 3. The average molecular weight is 257 g/mol. The molecule has 0 aliphatic heterocycles. The largest absolute Gasteiger partial charge is 0.481 e. The lowest BCUT2D eigenvalue weighted by atomic mass is 10.1. The number of carboxylic acids is 1. The maximum Gasteiger partial charge on any atom is 0.306 e. The molecule has 1 N–H and O–H groups in total. The predicted molar refractivity (Wildman–Crippen MR) is 70.5 cm³/mol.